The maximum Gasteiger partial charge on any atom is 0.246 e. The number of hydrogen-bond acceptors (Lipinski definition) is 5. The fraction of sp³-hybridized carbons (Fsp3) is 0.619. The van der Waals surface area contributed by atoms with Gasteiger partial charge in [-0.25, -0.2) is 0 Å². The van der Waals surface area contributed by atoms with Gasteiger partial charge in [-0.05, 0) is 37.8 Å². The summed E-state index contributed by atoms with van der Waals surface area (Å²) in [5, 5.41) is 0. The van der Waals surface area contributed by atoms with Crippen molar-refractivity contribution < 1.29 is 19.1 Å². The average Bonchev–Trinajstić information content (AvgIpc) is 2.72. The number of anilines is 1. The number of rotatable bonds is 6. The molecule has 1 aromatic carbocycles. The summed E-state index contributed by atoms with van der Waals surface area (Å²) in [5.74, 6) is 0.563. The highest BCUT2D eigenvalue weighted by atomic mass is 16.5. The molecule has 2 aliphatic rings. The zero-order valence-corrected chi connectivity index (χ0v) is 16.8. The quantitative estimate of drug-likeness (QED) is 0.802. The summed E-state index contributed by atoms with van der Waals surface area (Å²) < 4.78 is 11.0. The standard InChI is InChI=1S/C21H31N3O4/c1-3-11-28-19-8-7-15(12-18(19)22)21(26)23-9-10-24(20(25)14-23)16-5-4-6-17(13-16)27-2/h4-6,13,15,18-19H,3,7-12,14,22H2,1-2H3/t15-,18+,19+/m0/s1. The molecule has 0 bridgehead atoms. The molecule has 1 aliphatic heterocycles. The number of carbonyl (C=O) groups excluding carboxylic acids is 2. The Bertz CT molecular complexity index is 696. The zero-order valence-electron chi connectivity index (χ0n) is 16.8. The van der Waals surface area contributed by atoms with Gasteiger partial charge in [0, 0.05) is 43.4 Å². The van der Waals surface area contributed by atoms with Crippen LogP contribution in [0.2, 0.25) is 0 Å². The third-order valence-corrected chi connectivity index (χ3v) is 5.62. The van der Waals surface area contributed by atoms with Crippen LogP contribution in [0.3, 0.4) is 0 Å². The van der Waals surface area contributed by atoms with Crippen LogP contribution in [0.4, 0.5) is 5.69 Å². The molecule has 2 amide bonds. The smallest absolute Gasteiger partial charge is 0.246 e. The Morgan fingerprint density at radius 2 is 2.11 bits per heavy atom. The van der Waals surface area contributed by atoms with Crippen LogP contribution >= 0.6 is 0 Å². The van der Waals surface area contributed by atoms with Crippen molar-refractivity contribution in [3.05, 3.63) is 24.3 Å². The molecule has 2 N–H and O–H groups in total. The van der Waals surface area contributed by atoms with E-state index < -0.39 is 0 Å². The van der Waals surface area contributed by atoms with E-state index in [0.717, 1.165) is 24.9 Å². The number of benzene rings is 1. The van der Waals surface area contributed by atoms with Gasteiger partial charge in [-0.2, -0.15) is 0 Å². The molecule has 1 aliphatic carbocycles. The molecule has 3 rings (SSSR count). The van der Waals surface area contributed by atoms with Gasteiger partial charge in [0.2, 0.25) is 11.8 Å². The molecule has 0 spiro atoms. The third-order valence-electron chi connectivity index (χ3n) is 5.62. The van der Waals surface area contributed by atoms with Gasteiger partial charge in [-0.1, -0.05) is 13.0 Å². The molecular weight excluding hydrogens is 358 g/mol. The zero-order chi connectivity index (χ0) is 20.1. The molecule has 1 saturated heterocycles. The van der Waals surface area contributed by atoms with Crippen LogP contribution in [-0.2, 0) is 14.3 Å². The summed E-state index contributed by atoms with van der Waals surface area (Å²) in [5.41, 5.74) is 7.05. The summed E-state index contributed by atoms with van der Waals surface area (Å²) in [4.78, 5) is 29.0. The Kier molecular flexibility index (Phi) is 6.91. The number of amides is 2. The van der Waals surface area contributed by atoms with Crippen LogP contribution in [-0.4, -0.2) is 62.2 Å². The highest BCUT2D eigenvalue weighted by molar-refractivity contribution is 5.98. The summed E-state index contributed by atoms with van der Waals surface area (Å²) in [6.07, 6.45) is 3.19. The summed E-state index contributed by atoms with van der Waals surface area (Å²) in [6, 6.07) is 7.31. The second-order valence-corrected chi connectivity index (χ2v) is 7.59. The van der Waals surface area contributed by atoms with E-state index in [-0.39, 0.29) is 36.4 Å². The number of methoxy groups -OCH3 is 1. The lowest BCUT2D eigenvalue weighted by atomic mass is 9.83. The van der Waals surface area contributed by atoms with Crippen LogP contribution in [0.5, 0.6) is 5.75 Å². The second kappa shape index (κ2) is 9.39. The maximum absolute atomic E-state index is 12.9. The van der Waals surface area contributed by atoms with Gasteiger partial charge in [0.05, 0.1) is 13.2 Å². The fourth-order valence-corrected chi connectivity index (χ4v) is 4.05. The van der Waals surface area contributed by atoms with Crippen LogP contribution in [0.25, 0.3) is 0 Å². The van der Waals surface area contributed by atoms with Crippen molar-refractivity contribution in [3.63, 3.8) is 0 Å². The summed E-state index contributed by atoms with van der Waals surface area (Å²) in [7, 11) is 1.60. The monoisotopic (exact) mass is 389 g/mol. The number of ether oxygens (including phenoxy) is 2. The van der Waals surface area contributed by atoms with Gasteiger partial charge in [0.1, 0.15) is 12.3 Å². The molecule has 0 radical (unpaired) electrons. The van der Waals surface area contributed by atoms with Crippen molar-refractivity contribution in [2.45, 2.75) is 44.8 Å². The van der Waals surface area contributed by atoms with Gasteiger partial charge in [0.15, 0.2) is 0 Å². The Morgan fingerprint density at radius 3 is 2.79 bits per heavy atom. The number of piperazine rings is 1. The van der Waals surface area contributed by atoms with E-state index in [1.807, 2.05) is 24.3 Å². The van der Waals surface area contributed by atoms with Gasteiger partial charge in [-0.3, -0.25) is 9.59 Å². The van der Waals surface area contributed by atoms with Gasteiger partial charge in [0.25, 0.3) is 0 Å². The number of carbonyl (C=O) groups is 2. The molecule has 154 valence electrons. The Labute approximate surface area is 166 Å². The van der Waals surface area contributed by atoms with Crippen LogP contribution in [0, 0.1) is 5.92 Å². The average molecular weight is 389 g/mol. The number of nitrogens with two attached hydrogens (primary N) is 1. The van der Waals surface area contributed by atoms with E-state index >= 15 is 0 Å². The molecule has 1 aromatic rings. The Balaban J connectivity index is 1.56. The third kappa shape index (κ3) is 4.64. The summed E-state index contributed by atoms with van der Waals surface area (Å²) in [6.45, 7) is 3.90. The highest BCUT2D eigenvalue weighted by Gasteiger charge is 2.36. The van der Waals surface area contributed by atoms with E-state index in [4.69, 9.17) is 15.2 Å². The van der Waals surface area contributed by atoms with Crippen LogP contribution in [0.15, 0.2) is 24.3 Å². The molecule has 3 atom stereocenters. The number of hydrogen-bond donors (Lipinski definition) is 1. The van der Waals surface area contributed by atoms with Crippen LogP contribution < -0.4 is 15.4 Å². The largest absolute Gasteiger partial charge is 0.497 e. The molecule has 1 heterocycles. The molecular formula is C21H31N3O4. The van der Waals surface area contributed by atoms with Gasteiger partial charge >= 0.3 is 0 Å². The van der Waals surface area contributed by atoms with Gasteiger partial charge in [-0.15, -0.1) is 0 Å². The van der Waals surface area contributed by atoms with E-state index in [9.17, 15) is 9.59 Å². The minimum Gasteiger partial charge on any atom is -0.497 e. The van der Waals surface area contributed by atoms with E-state index in [2.05, 4.69) is 6.92 Å². The molecule has 7 nitrogen and oxygen atoms in total. The molecule has 0 unspecified atom stereocenters. The van der Waals surface area contributed by atoms with Crippen molar-refractivity contribution in [1.82, 2.24) is 4.90 Å². The maximum atomic E-state index is 12.9. The minimum absolute atomic E-state index is 0.0375. The minimum atomic E-state index is -0.122. The van der Waals surface area contributed by atoms with Gasteiger partial charge < -0.3 is 25.0 Å². The molecule has 2 fully saturated rings. The second-order valence-electron chi connectivity index (χ2n) is 7.59. The molecule has 7 heteroatoms. The van der Waals surface area contributed by atoms with Crippen molar-refractivity contribution in [2.75, 3.05) is 38.3 Å². The predicted molar refractivity (Wildman–Crippen MR) is 107 cm³/mol. The predicted octanol–water partition coefficient (Wildman–Crippen LogP) is 1.79. The first kappa shape index (κ1) is 20.6. The normalized spacial score (nSPS) is 25.7. The Morgan fingerprint density at radius 1 is 1.29 bits per heavy atom. The van der Waals surface area contributed by atoms with Crippen molar-refractivity contribution in [1.29, 1.82) is 0 Å². The SMILES string of the molecule is CCCO[C@@H]1CC[C@H](C(=O)N2CCN(c3cccc(OC)c3)C(=O)C2)C[C@H]1N. The first-order valence-corrected chi connectivity index (χ1v) is 10.1. The number of nitrogens with zero attached hydrogens (tertiary/aromatic N) is 2. The molecule has 1 saturated carbocycles. The molecule has 0 aromatic heterocycles. The van der Waals surface area contributed by atoms with E-state index in [0.29, 0.717) is 31.9 Å². The van der Waals surface area contributed by atoms with Crippen LogP contribution in [0.1, 0.15) is 32.6 Å². The fourth-order valence-electron chi connectivity index (χ4n) is 4.05. The lowest BCUT2D eigenvalue weighted by Crippen LogP contribution is -2.55. The topological polar surface area (TPSA) is 85.1 Å². The summed E-state index contributed by atoms with van der Waals surface area (Å²) >= 11 is 0. The highest BCUT2D eigenvalue weighted by Crippen LogP contribution is 2.29. The lowest BCUT2D eigenvalue weighted by Gasteiger charge is -2.39. The molecule has 28 heavy (non-hydrogen) atoms. The lowest BCUT2D eigenvalue weighted by molar-refractivity contribution is -0.142. The first-order chi connectivity index (χ1) is 13.5. The van der Waals surface area contributed by atoms with E-state index in [1.165, 1.54) is 0 Å². The first-order valence-electron chi connectivity index (χ1n) is 10.1. The Hall–Kier alpha value is -2.12. The van der Waals surface area contributed by atoms with Crippen molar-refractivity contribution >= 4 is 17.5 Å². The van der Waals surface area contributed by atoms with Crippen molar-refractivity contribution in [2.24, 2.45) is 11.7 Å². The van der Waals surface area contributed by atoms with E-state index in [1.54, 1.807) is 16.9 Å². The van der Waals surface area contributed by atoms with Crippen molar-refractivity contribution in [3.8, 4) is 5.75 Å².